The first-order chi connectivity index (χ1) is 9.77. The molecule has 0 aromatic heterocycles. The van der Waals surface area contributed by atoms with Crippen molar-refractivity contribution >= 4 is 27.4 Å². The van der Waals surface area contributed by atoms with Crippen molar-refractivity contribution < 1.29 is 17.9 Å². The van der Waals surface area contributed by atoms with Crippen LogP contribution in [0, 0.1) is 6.92 Å². The summed E-state index contributed by atoms with van der Waals surface area (Å²) in [5.41, 5.74) is 1.08. The first-order valence-corrected chi connectivity index (χ1v) is 8.33. The van der Waals surface area contributed by atoms with Crippen LogP contribution in [-0.2, 0) is 9.84 Å². The Morgan fingerprint density at radius 3 is 2.48 bits per heavy atom. The fourth-order valence-electron chi connectivity index (χ4n) is 1.76. The minimum Gasteiger partial charge on any atom is -0.423 e. The van der Waals surface area contributed by atoms with Crippen LogP contribution >= 0.6 is 11.6 Å². The lowest BCUT2D eigenvalue weighted by atomic mass is 10.2. The van der Waals surface area contributed by atoms with Crippen molar-refractivity contribution in [3.8, 4) is 5.75 Å². The molecule has 0 N–H and O–H groups in total. The van der Waals surface area contributed by atoms with Crippen molar-refractivity contribution in [2.45, 2.75) is 11.8 Å². The van der Waals surface area contributed by atoms with Crippen LogP contribution < -0.4 is 4.74 Å². The average molecular weight is 325 g/mol. The Labute approximate surface area is 128 Å². The highest BCUT2D eigenvalue weighted by Gasteiger charge is 2.17. The molecule has 0 saturated carbocycles. The number of hydrogen-bond donors (Lipinski definition) is 0. The summed E-state index contributed by atoms with van der Waals surface area (Å²) in [4.78, 5) is 12.0. The van der Waals surface area contributed by atoms with E-state index in [-0.39, 0.29) is 15.5 Å². The Hall–Kier alpha value is -1.85. The van der Waals surface area contributed by atoms with Crippen LogP contribution in [0.15, 0.2) is 47.4 Å². The second-order valence-electron chi connectivity index (χ2n) is 4.62. The highest BCUT2D eigenvalue weighted by molar-refractivity contribution is 7.90. The van der Waals surface area contributed by atoms with Gasteiger partial charge in [-0.25, -0.2) is 13.2 Å². The zero-order chi connectivity index (χ0) is 15.6. The van der Waals surface area contributed by atoms with E-state index in [1.807, 2.05) is 13.0 Å². The van der Waals surface area contributed by atoms with Crippen molar-refractivity contribution in [3.63, 3.8) is 0 Å². The summed E-state index contributed by atoms with van der Waals surface area (Å²) >= 11 is 5.84. The van der Waals surface area contributed by atoms with Crippen LogP contribution in [0.3, 0.4) is 0 Å². The number of hydrogen-bond acceptors (Lipinski definition) is 4. The molecule has 0 saturated heterocycles. The number of carbonyl (C=O) groups excluding carboxylic acids is 1. The summed E-state index contributed by atoms with van der Waals surface area (Å²) in [6.07, 6.45) is 1.03. The van der Waals surface area contributed by atoms with Crippen LogP contribution in [0.5, 0.6) is 5.75 Å². The third kappa shape index (κ3) is 3.83. The number of ether oxygens (including phenoxy) is 1. The molecule has 0 spiro atoms. The lowest BCUT2D eigenvalue weighted by Crippen LogP contribution is -2.10. The Kier molecular flexibility index (Phi) is 4.34. The van der Waals surface area contributed by atoms with E-state index in [9.17, 15) is 13.2 Å². The van der Waals surface area contributed by atoms with Gasteiger partial charge in [0.05, 0.1) is 15.5 Å². The predicted molar refractivity (Wildman–Crippen MR) is 80.7 cm³/mol. The van der Waals surface area contributed by atoms with Gasteiger partial charge in [0.15, 0.2) is 9.84 Å². The second-order valence-corrected chi connectivity index (χ2v) is 7.01. The molecule has 0 aliphatic rings. The number of esters is 1. The lowest BCUT2D eigenvalue weighted by Gasteiger charge is -2.07. The number of rotatable bonds is 3. The van der Waals surface area contributed by atoms with Gasteiger partial charge in [-0.05, 0) is 42.8 Å². The molecule has 0 amide bonds. The fourth-order valence-corrected chi connectivity index (χ4v) is 3.06. The Morgan fingerprint density at radius 1 is 1.14 bits per heavy atom. The number of benzene rings is 2. The van der Waals surface area contributed by atoms with Crippen molar-refractivity contribution in [3.05, 3.63) is 58.6 Å². The molecule has 6 heteroatoms. The van der Waals surface area contributed by atoms with E-state index in [1.165, 1.54) is 18.2 Å². The van der Waals surface area contributed by atoms with Gasteiger partial charge in [0, 0.05) is 6.26 Å². The van der Waals surface area contributed by atoms with E-state index < -0.39 is 15.8 Å². The van der Waals surface area contributed by atoms with Crippen LogP contribution in [0.4, 0.5) is 0 Å². The summed E-state index contributed by atoms with van der Waals surface area (Å²) in [6, 6.07) is 11.0. The summed E-state index contributed by atoms with van der Waals surface area (Å²) in [5.74, 6) is -0.238. The fraction of sp³-hybridized carbons (Fsp3) is 0.133. The van der Waals surface area contributed by atoms with Crippen LogP contribution in [-0.4, -0.2) is 20.6 Å². The molecule has 110 valence electrons. The smallest absolute Gasteiger partial charge is 0.343 e. The first kappa shape index (κ1) is 15.5. The van der Waals surface area contributed by atoms with Gasteiger partial charge in [-0.3, -0.25) is 0 Å². The molecular weight excluding hydrogens is 312 g/mol. The maximum atomic E-state index is 12.1. The maximum absolute atomic E-state index is 12.1. The normalized spacial score (nSPS) is 11.2. The van der Waals surface area contributed by atoms with E-state index in [0.29, 0.717) is 5.75 Å². The number of carbonyl (C=O) groups is 1. The molecule has 21 heavy (non-hydrogen) atoms. The molecule has 0 unspecified atom stereocenters. The van der Waals surface area contributed by atoms with E-state index in [0.717, 1.165) is 11.8 Å². The largest absolute Gasteiger partial charge is 0.423 e. The molecule has 0 radical (unpaired) electrons. The van der Waals surface area contributed by atoms with Gasteiger partial charge in [0.2, 0.25) is 0 Å². The van der Waals surface area contributed by atoms with Gasteiger partial charge >= 0.3 is 5.97 Å². The summed E-state index contributed by atoms with van der Waals surface area (Å²) in [6.45, 7) is 1.88. The molecule has 0 atom stereocenters. The highest BCUT2D eigenvalue weighted by atomic mass is 35.5. The highest BCUT2D eigenvalue weighted by Crippen LogP contribution is 2.23. The Morgan fingerprint density at radius 2 is 1.86 bits per heavy atom. The van der Waals surface area contributed by atoms with Crippen LogP contribution in [0.2, 0.25) is 5.02 Å². The third-order valence-corrected chi connectivity index (χ3v) is 4.34. The Bertz CT molecular complexity index is 797. The monoisotopic (exact) mass is 324 g/mol. The van der Waals surface area contributed by atoms with Crippen LogP contribution in [0.25, 0.3) is 0 Å². The zero-order valence-corrected chi connectivity index (χ0v) is 13.0. The van der Waals surface area contributed by atoms with Gasteiger partial charge < -0.3 is 4.74 Å². The minimum atomic E-state index is -3.51. The summed E-state index contributed by atoms with van der Waals surface area (Å²) in [7, 11) is -3.51. The average Bonchev–Trinajstić information content (AvgIpc) is 2.37. The Balaban J connectivity index is 2.32. The second kappa shape index (κ2) is 5.87. The van der Waals surface area contributed by atoms with Crippen LogP contribution in [0.1, 0.15) is 15.9 Å². The quantitative estimate of drug-likeness (QED) is 0.642. The van der Waals surface area contributed by atoms with Gasteiger partial charge in [-0.15, -0.1) is 0 Å². The van der Waals surface area contributed by atoms with Gasteiger partial charge in [-0.1, -0.05) is 23.7 Å². The molecule has 0 fully saturated rings. The third-order valence-electron chi connectivity index (χ3n) is 2.77. The standard InChI is InChI=1S/C15H13ClO4S/c1-10-4-3-5-12(8-10)20-15(17)11-6-7-13(16)14(9-11)21(2,18)19/h3-9H,1-2H3. The molecule has 2 aromatic carbocycles. The van der Waals surface area contributed by atoms with E-state index >= 15 is 0 Å². The zero-order valence-electron chi connectivity index (χ0n) is 11.5. The molecule has 2 rings (SSSR count). The topological polar surface area (TPSA) is 60.4 Å². The molecule has 0 aliphatic carbocycles. The van der Waals surface area contributed by atoms with Gasteiger partial charge in [0.1, 0.15) is 5.75 Å². The van der Waals surface area contributed by atoms with Crippen molar-refractivity contribution in [1.29, 1.82) is 0 Å². The molecular formula is C15H13ClO4S. The molecule has 4 nitrogen and oxygen atoms in total. The SMILES string of the molecule is Cc1cccc(OC(=O)c2ccc(Cl)c(S(C)(=O)=O)c2)c1. The molecule has 0 bridgehead atoms. The van der Waals surface area contributed by atoms with Crippen molar-refractivity contribution in [1.82, 2.24) is 0 Å². The van der Waals surface area contributed by atoms with Gasteiger partial charge in [-0.2, -0.15) is 0 Å². The van der Waals surface area contributed by atoms with Crippen molar-refractivity contribution in [2.24, 2.45) is 0 Å². The molecule has 2 aromatic rings. The van der Waals surface area contributed by atoms with Crippen molar-refractivity contribution in [2.75, 3.05) is 6.26 Å². The minimum absolute atomic E-state index is 0.0737. The number of sulfone groups is 1. The molecule has 0 heterocycles. The summed E-state index contributed by atoms with van der Waals surface area (Å²) in [5, 5.41) is 0.0737. The van der Waals surface area contributed by atoms with E-state index in [2.05, 4.69) is 0 Å². The lowest BCUT2D eigenvalue weighted by molar-refractivity contribution is 0.0734. The maximum Gasteiger partial charge on any atom is 0.343 e. The first-order valence-electron chi connectivity index (χ1n) is 6.06. The molecule has 0 aliphatic heterocycles. The number of aryl methyl sites for hydroxylation is 1. The predicted octanol–water partition coefficient (Wildman–Crippen LogP) is 3.27. The van der Waals surface area contributed by atoms with Gasteiger partial charge in [0.25, 0.3) is 0 Å². The number of halogens is 1. The summed E-state index contributed by atoms with van der Waals surface area (Å²) < 4.78 is 28.4. The van der Waals surface area contributed by atoms with E-state index in [1.54, 1.807) is 18.2 Å². The van der Waals surface area contributed by atoms with E-state index in [4.69, 9.17) is 16.3 Å².